The number of rotatable bonds is 3. The number of anilines is 2. The van der Waals surface area contributed by atoms with Gasteiger partial charge in [0.05, 0.1) is 4.90 Å². The number of benzene rings is 1. The van der Waals surface area contributed by atoms with Gasteiger partial charge in [-0.15, -0.1) is 15.3 Å². The molecule has 0 spiro atoms. The largest absolute Gasteiger partial charge is 0.453 e. The van der Waals surface area contributed by atoms with Crippen LogP contribution in [0.5, 0.6) is 0 Å². The Labute approximate surface area is 163 Å². The molecule has 3 heterocycles. The van der Waals surface area contributed by atoms with Crippen LogP contribution in [0.2, 0.25) is 0 Å². The van der Waals surface area contributed by atoms with Crippen LogP contribution in [-0.4, -0.2) is 54.4 Å². The van der Waals surface area contributed by atoms with Crippen molar-refractivity contribution in [3.8, 4) is 0 Å². The molecular weight excluding hydrogens is 411 g/mol. The fraction of sp³-hybridized carbons (Fsp3) is 0.312. The van der Waals surface area contributed by atoms with Gasteiger partial charge >= 0.3 is 6.18 Å². The van der Waals surface area contributed by atoms with Crippen LogP contribution in [0, 0.1) is 0 Å². The maximum atomic E-state index is 13.0. The third kappa shape index (κ3) is 3.82. The Bertz CT molecular complexity index is 1140. The number of sulfonamides is 1. The zero-order valence-corrected chi connectivity index (χ0v) is 15.7. The molecule has 0 aliphatic carbocycles. The predicted molar refractivity (Wildman–Crippen MR) is 98.0 cm³/mol. The summed E-state index contributed by atoms with van der Waals surface area (Å²) in [6.45, 7) is 2.23. The number of aromatic nitrogens is 4. The monoisotopic (exact) mass is 427 g/mol. The first-order valence-corrected chi connectivity index (χ1v) is 10.1. The first-order chi connectivity index (χ1) is 13.6. The summed E-state index contributed by atoms with van der Waals surface area (Å²) < 4.78 is 62.5. The maximum Gasteiger partial charge on any atom is 0.453 e. The fourth-order valence-electron chi connectivity index (χ4n) is 3.17. The smallest absolute Gasteiger partial charge is 0.368 e. The zero-order valence-electron chi connectivity index (χ0n) is 14.9. The van der Waals surface area contributed by atoms with Crippen LogP contribution in [0.4, 0.5) is 24.7 Å². The number of nitrogens with two attached hydrogens (primary N) is 1. The van der Waals surface area contributed by atoms with Crippen LogP contribution >= 0.6 is 0 Å². The van der Waals surface area contributed by atoms with E-state index < -0.39 is 22.0 Å². The fourth-order valence-corrected chi connectivity index (χ4v) is 3.68. The van der Waals surface area contributed by atoms with Crippen molar-refractivity contribution in [2.45, 2.75) is 11.1 Å². The summed E-state index contributed by atoms with van der Waals surface area (Å²) in [5.41, 5.74) is 0.855. The molecule has 2 aromatic heterocycles. The summed E-state index contributed by atoms with van der Waals surface area (Å²) in [5.74, 6) is -0.769. The molecule has 1 saturated heterocycles. The molecule has 1 fully saturated rings. The van der Waals surface area contributed by atoms with Crippen molar-refractivity contribution >= 4 is 27.2 Å². The van der Waals surface area contributed by atoms with Gasteiger partial charge in [0.25, 0.3) is 5.82 Å². The molecule has 0 unspecified atom stereocenters. The molecule has 0 amide bonds. The summed E-state index contributed by atoms with van der Waals surface area (Å²) in [5, 5.41) is 15.8. The van der Waals surface area contributed by atoms with E-state index in [0.717, 1.165) is 5.69 Å². The number of hydrogen-bond acceptors (Lipinski definition) is 7. The maximum absolute atomic E-state index is 13.0. The molecule has 4 rings (SSSR count). The Hall–Kier alpha value is -2.93. The van der Waals surface area contributed by atoms with Crippen molar-refractivity contribution in [3.05, 3.63) is 42.2 Å². The van der Waals surface area contributed by atoms with Gasteiger partial charge in [-0.05, 0) is 36.4 Å². The number of halogens is 3. The third-order valence-electron chi connectivity index (χ3n) is 4.64. The number of alkyl halides is 3. The van der Waals surface area contributed by atoms with Crippen molar-refractivity contribution in [1.29, 1.82) is 0 Å². The molecule has 0 radical (unpaired) electrons. The lowest BCUT2D eigenvalue weighted by Gasteiger charge is -2.36. The van der Waals surface area contributed by atoms with Crippen LogP contribution in [0.1, 0.15) is 5.82 Å². The van der Waals surface area contributed by atoms with Crippen LogP contribution in [0.3, 0.4) is 0 Å². The molecule has 1 aliphatic rings. The zero-order chi connectivity index (χ0) is 20.8. The van der Waals surface area contributed by atoms with Gasteiger partial charge in [-0.3, -0.25) is 0 Å². The number of hydrogen-bond donors (Lipinski definition) is 1. The average molecular weight is 427 g/mol. The van der Waals surface area contributed by atoms with E-state index in [9.17, 15) is 21.6 Å². The second kappa shape index (κ2) is 6.84. The van der Waals surface area contributed by atoms with E-state index in [1.165, 1.54) is 18.2 Å². The molecule has 1 aliphatic heterocycles. The predicted octanol–water partition coefficient (Wildman–Crippen LogP) is 1.12. The summed E-state index contributed by atoms with van der Waals surface area (Å²) in [4.78, 5) is 3.95. The van der Waals surface area contributed by atoms with E-state index in [2.05, 4.69) is 15.3 Å². The van der Waals surface area contributed by atoms with Crippen LogP contribution in [-0.2, 0) is 16.2 Å². The number of piperazine rings is 1. The van der Waals surface area contributed by atoms with Gasteiger partial charge < -0.3 is 9.80 Å². The summed E-state index contributed by atoms with van der Waals surface area (Å²) in [6, 6.07) is 9.29. The quantitative estimate of drug-likeness (QED) is 0.667. The molecule has 3 aromatic rings. The lowest BCUT2D eigenvalue weighted by Crippen LogP contribution is -2.47. The second-order valence-electron chi connectivity index (χ2n) is 6.50. The molecule has 2 N–H and O–H groups in total. The van der Waals surface area contributed by atoms with E-state index in [0.29, 0.717) is 36.5 Å². The van der Waals surface area contributed by atoms with Crippen LogP contribution in [0.25, 0.3) is 5.65 Å². The topological polar surface area (TPSA) is 110 Å². The molecule has 0 bridgehead atoms. The molecular formula is C16H16F3N7O2S. The highest BCUT2D eigenvalue weighted by molar-refractivity contribution is 7.89. The minimum absolute atomic E-state index is 0.0228. The van der Waals surface area contributed by atoms with E-state index in [1.807, 2.05) is 9.80 Å². The first kappa shape index (κ1) is 19.4. The van der Waals surface area contributed by atoms with E-state index >= 15 is 0 Å². The van der Waals surface area contributed by atoms with Crippen LogP contribution in [0.15, 0.2) is 41.3 Å². The van der Waals surface area contributed by atoms with Crippen molar-refractivity contribution in [3.63, 3.8) is 0 Å². The molecule has 154 valence electrons. The molecule has 0 atom stereocenters. The Morgan fingerprint density at radius 3 is 2.10 bits per heavy atom. The van der Waals surface area contributed by atoms with E-state index in [1.54, 1.807) is 18.2 Å². The van der Waals surface area contributed by atoms with Gasteiger partial charge in [-0.1, -0.05) is 0 Å². The summed E-state index contributed by atoms with van der Waals surface area (Å²) in [6.07, 6.45) is -4.65. The molecule has 13 heteroatoms. The highest BCUT2D eigenvalue weighted by Crippen LogP contribution is 2.28. The number of fused-ring (bicyclic) bond motifs is 1. The molecule has 0 saturated carbocycles. The minimum atomic E-state index is -4.65. The molecule has 1 aromatic carbocycles. The van der Waals surface area contributed by atoms with Crippen molar-refractivity contribution < 1.29 is 21.6 Å². The van der Waals surface area contributed by atoms with Gasteiger partial charge in [0.15, 0.2) is 5.65 Å². The Kier molecular flexibility index (Phi) is 4.58. The highest BCUT2D eigenvalue weighted by atomic mass is 32.2. The Balaban J connectivity index is 1.50. The van der Waals surface area contributed by atoms with Crippen LogP contribution < -0.4 is 14.9 Å². The average Bonchev–Trinajstić information content (AvgIpc) is 3.11. The van der Waals surface area contributed by atoms with Gasteiger partial charge in [-0.25, -0.2) is 13.6 Å². The normalized spacial score (nSPS) is 15.9. The van der Waals surface area contributed by atoms with Gasteiger partial charge in [0, 0.05) is 31.9 Å². The Morgan fingerprint density at radius 2 is 1.52 bits per heavy atom. The summed E-state index contributed by atoms with van der Waals surface area (Å²) >= 11 is 0. The SMILES string of the molecule is NS(=O)(=O)c1ccc(N2CCN(c3ccc4nnc(C(F)(F)F)n4n3)CC2)cc1. The van der Waals surface area contributed by atoms with Gasteiger partial charge in [0.2, 0.25) is 10.0 Å². The molecule has 9 nitrogen and oxygen atoms in total. The van der Waals surface area contributed by atoms with Crippen molar-refractivity contribution in [1.82, 2.24) is 19.8 Å². The van der Waals surface area contributed by atoms with Crippen molar-refractivity contribution in [2.75, 3.05) is 36.0 Å². The van der Waals surface area contributed by atoms with Crippen molar-refractivity contribution in [2.24, 2.45) is 5.14 Å². The highest BCUT2D eigenvalue weighted by Gasteiger charge is 2.37. The van der Waals surface area contributed by atoms with Gasteiger partial charge in [0.1, 0.15) is 5.82 Å². The third-order valence-corrected chi connectivity index (χ3v) is 5.57. The summed E-state index contributed by atoms with van der Waals surface area (Å²) in [7, 11) is -3.75. The lowest BCUT2D eigenvalue weighted by molar-refractivity contribution is -0.146. The minimum Gasteiger partial charge on any atom is -0.368 e. The van der Waals surface area contributed by atoms with Gasteiger partial charge in [-0.2, -0.15) is 17.7 Å². The molecule has 29 heavy (non-hydrogen) atoms. The van der Waals surface area contributed by atoms with E-state index in [4.69, 9.17) is 5.14 Å². The Morgan fingerprint density at radius 1 is 0.897 bits per heavy atom. The number of nitrogens with zero attached hydrogens (tertiary/aromatic N) is 6. The second-order valence-corrected chi connectivity index (χ2v) is 8.06. The number of primary sulfonamides is 1. The standard InChI is InChI=1S/C16H16F3N7O2S/c17-16(18,19)15-22-21-13-5-6-14(23-26(13)15)25-9-7-24(8-10-25)11-1-3-12(4-2-11)29(20,27)28/h1-6H,7-10H2,(H2,20,27,28). The lowest BCUT2D eigenvalue weighted by atomic mass is 10.2. The first-order valence-electron chi connectivity index (χ1n) is 8.55. The van der Waals surface area contributed by atoms with E-state index in [-0.39, 0.29) is 10.5 Å².